The number of benzene rings is 1. The second-order valence-corrected chi connectivity index (χ2v) is 4.93. The summed E-state index contributed by atoms with van der Waals surface area (Å²) in [6.45, 7) is 2.16. The molecule has 0 unspecified atom stereocenters. The van der Waals surface area contributed by atoms with Crippen molar-refractivity contribution in [3.63, 3.8) is 0 Å². The molecule has 0 fully saturated rings. The van der Waals surface area contributed by atoms with Gasteiger partial charge in [0.15, 0.2) is 0 Å². The maximum atomic E-state index is 12.8. The fourth-order valence-corrected chi connectivity index (χ4v) is 2.23. The summed E-state index contributed by atoms with van der Waals surface area (Å²) in [6, 6.07) is 5.93. The molecule has 0 saturated carbocycles. The Labute approximate surface area is 120 Å². The van der Waals surface area contributed by atoms with E-state index in [4.69, 9.17) is 9.15 Å². The average molecular weight is 295 g/mol. The van der Waals surface area contributed by atoms with Crippen molar-refractivity contribution in [1.82, 2.24) is 4.98 Å². The molecule has 0 amide bonds. The van der Waals surface area contributed by atoms with Crippen LogP contribution in [0.1, 0.15) is 12.6 Å². The molecule has 2 aromatic rings. The summed E-state index contributed by atoms with van der Waals surface area (Å²) in [5.41, 5.74) is 1.45. The van der Waals surface area contributed by atoms with Crippen molar-refractivity contribution in [1.29, 1.82) is 0 Å². The third kappa shape index (κ3) is 4.09. The first-order valence-electron chi connectivity index (χ1n) is 6.12. The number of hydrogen-bond donors (Lipinski definition) is 0. The molecule has 1 heterocycles. The SMILES string of the molecule is CCOC(=O)CSCc1coc(-c2ccc(F)cc2)n1. The maximum absolute atomic E-state index is 12.8. The Balaban J connectivity index is 1.89. The Morgan fingerprint density at radius 1 is 1.40 bits per heavy atom. The number of ether oxygens (including phenoxy) is 1. The predicted octanol–water partition coefficient (Wildman–Crippen LogP) is 3.28. The molecule has 0 aliphatic heterocycles. The van der Waals surface area contributed by atoms with Gasteiger partial charge in [0.1, 0.15) is 12.1 Å². The van der Waals surface area contributed by atoms with Gasteiger partial charge < -0.3 is 9.15 Å². The van der Waals surface area contributed by atoms with E-state index in [-0.39, 0.29) is 17.5 Å². The molecule has 0 aliphatic carbocycles. The molecular weight excluding hydrogens is 281 g/mol. The van der Waals surface area contributed by atoms with Gasteiger partial charge in [-0.1, -0.05) is 0 Å². The molecule has 0 spiro atoms. The number of aromatic nitrogens is 1. The van der Waals surface area contributed by atoms with Gasteiger partial charge in [0.25, 0.3) is 0 Å². The maximum Gasteiger partial charge on any atom is 0.315 e. The zero-order valence-corrected chi connectivity index (χ0v) is 11.8. The van der Waals surface area contributed by atoms with Crippen molar-refractivity contribution in [3.05, 3.63) is 42.0 Å². The summed E-state index contributed by atoms with van der Waals surface area (Å²) in [6.07, 6.45) is 1.54. The van der Waals surface area contributed by atoms with E-state index in [1.807, 2.05) is 0 Å². The molecule has 106 valence electrons. The van der Waals surface area contributed by atoms with Crippen LogP contribution in [0.25, 0.3) is 11.5 Å². The quantitative estimate of drug-likeness (QED) is 0.765. The normalized spacial score (nSPS) is 10.5. The predicted molar refractivity (Wildman–Crippen MR) is 74.7 cm³/mol. The summed E-state index contributed by atoms with van der Waals surface area (Å²) < 4.78 is 23.0. The lowest BCUT2D eigenvalue weighted by Gasteiger charge is -1.99. The van der Waals surface area contributed by atoms with E-state index in [2.05, 4.69) is 4.98 Å². The van der Waals surface area contributed by atoms with Crippen LogP contribution in [0.3, 0.4) is 0 Å². The first-order chi connectivity index (χ1) is 9.69. The Bertz CT molecular complexity index is 568. The van der Waals surface area contributed by atoms with Crippen molar-refractivity contribution in [2.75, 3.05) is 12.4 Å². The minimum atomic E-state index is -0.300. The van der Waals surface area contributed by atoms with Crippen LogP contribution in [0.4, 0.5) is 4.39 Å². The van der Waals surface area contributed by atoms with E-state index >= 15 is 0 Å². The molecule has 6 heteroatoms. The second-order valence-electron chi connectivity index (χ2n) is 3.95. The highest BCUT2D eigenvalue weighted by molar-refractivity contribution is 7.99. The third-order valence-corrected chi connectivity index (χ3v) is 3.36. The topological polar surface area (TPSA) is 52.3 Å². The van der Waals surface area contributed by atoms with Gasteiger partial charge in [-0.15, -0.1) is 11.8 Å². The smallest absolute Gasteiger partial charge is 0.315 e. The van der Waals surface area contributed by atoms with Crippen LogP contribution in [0, 0.1) is 5.82 Å². The van der Waals surface area contributed by atoms with Gasteiger partial charge in [-0.2, -0.15) is 0 Å². The lowest BCUT2D eigenvalue weighted by molar-refractivity contribution is -0.139. The molecule has 1 aromatic heterocycles. The molecule has 20 heavy (non-hydrogen) atoms. The number of thioether (sulfide) groups is 1. The Hall–Kier alpha value is -1.82. The molecule has 0 aliphatic rings. The number of carbonyl (C=O) groups excluding carboxylic acids is 1. The van der Waals surface area contributed by atoms with Gasteiger partial charge in [-0.05, 0) is 31.2 Å². The number of halogens is 1. The first kappa shape index (κ1) is 14.6. The summed E-state index contributed by atoms with van der Waals surface area (Å²) in [7, 11) is 0. The van der Waals surface area contributed by atoms with Crippen molar-refractivity contribution in [2.45, 2.75) is 12.7 Å². The van der Waals surface area contributed by atoms with E-state index in [1.54, 1.807) is 19.1 Å². The van der Waals surface area contributed by atoms with E-state index in [1.165, 1.54) is 30.2 Å². The molecule has 0 radical (unpaired) electrons. The molecule has 2 rings (SSSR count). The Kier molecular flexibility index (Phi) is 5.17. The van der Waals surface area contributed by atoms with Crippen molar-refractivity contribution in [3.8, 4) is 11.5 Å². The molecule has 0 bridgehead atoms. The summed E-state index contributed by atoms with van der Waals surface area (Å²) in [4.78, 5) is 15.5. The number of carbonyl (C=O) groups is 1. The van der Waals surface area contributed by atoms with Crippen LogP contribution in [0.15, 0.2) is 34.9 Å². The van der Waals surface area contributed by atoms with Gasteiger partial charge in [-0.3, -0.25) is 4.79 Å². The van der Waals surface area contributed by atoms with Gasteiger partial charge in [-0.25, -0.2) is 9.37 Å². The fourth-order valence-electron chi connectivity index (χ4n) is 1.54. The third-order valence-electron chi connectivity index (χ3n) is 2.42. The molecule has 0 N–H and O–H groups in total. The molecule has 1 aromatic carbocycles. The van der Waals surface area contributed by atoms with E-state index in [0.717, 1.165) is 5.69 Å². The lowest BCUT2D eigenvalue weighted by atomic mass is 10.2. The van der Waals surface area contributed by atoms with Gasteiger partial charge in [0.05, 0.1) is 18.1 Å². The van der Waals surface area contributed by atoms with Crippen molar-refractivity contribution in [2.24, 2.45) is 0 Å². The van der Waals surface area contributed by atoms with Crippen molar-refractivity contribution >= 4 is 17.7 Å². The fraction of sp³-hybridized carbons (Fsp3) is 0.286. The monoisotopic (exact) mass is 295 g/mol. The summed E-state index contributed by atoms with van der Waals surface area (Å²) in [5, 5.41) is 0. The van der Waals surface area contributed by atoms with Crippen LogP contribution in [-0.2, 0) is 15.3 Å². The van der Waals surface area contributed by atoms with E-state index < -0.39 is 0 Å². The Morgan fingerprint density at radius 3 is 2.85 bits per heavy atom. The standard InChI is InChI=1S/C14H14FNO3S/c1-2-18-13(17)9-20-8-12-7-19-14(16-12)10-3-5-11(15)6-4-10/h3-7H,2,8-9H2,1H3. The van der Waals surface area contributed by atoms with E-state index in [0.29, 0.717) is 23.8 Å². The summed E-state index contributed by atoms with van der Waals surface area (Å²) in [5.74, 6) is 0.748. The lowest BCUT2D eigenvalue weighted by Crippen LogP contribution is -2.06. The number of hydrogen-bond acceptors (Lipinski definition) is 5. The van der Waals surface area contributed by atoms with Crippen LogP contribution in [0.2, 0.25) is 0 Å². The van der Waals surface area contributed by atoms with Crippen LogP contribution >= 0.6 is 11.8 Å². The second kappa shape index (κ2) is 7.09. The zero-order chi connectivity index (χ0) is 14.4. The first-order valence-corrected chi connectivity index (χ1v) is 7.28. The zero-order valence-electron chi connectivity index (χ0n) is 11.0. The highest BCUT2D eigenvalue weighted by Crippen LogP contribution is 2.21. The van der Waals surface area contributed by atoms with E-state index in [9.17, 15) is 9.18 Å². The molecule has 4 nitrogen and oxygen atoms in total. The number of nitrogens with zero attached hydrogens (tertiary/aromatic N) is 1. The summed E-state index contributed by atoms with van der Waals surface area (Å²) >= 11 is 1.41. The minimum Gasteiger partial charge on any atom is -0.465 e. The highest BCUT2D eigenvalue weighted by Gasteiger charge is 2.08. The number of esters is 1. The minimum absolute atomic E-state index is 0.236. The van der Waals surface area contributed by atoms with Crippen LogP contribution in [0.5, 0.6) is 0 Å². The number of rotatable bonds is 6. The highest BCUT2D eigenvalue weighted by atomic mass is 32.2. The van der Waals surface area contributed by atoms with Crippen LogP contribution in [-0.4, -0.2) is 23.3 Å². The van der Waals surface area contributed by atoms with Gasteiger partial charge in [0, 0.05) is 11.3 Å². The average Bonchev–Trinajstić information content (AvgIpc) is 2.89. The largest absolute Gasteiger partial charge is 0.465 e. The van der Waals surface area contributed by atoms with Crippen LogP contribution < -0.4 is 0 Å². The molecular formula is C14H14FNO3S. The number of oxazole rings is 1. The van der Waals surface area contributed by atoms with Gasteiger partial charge >= 0.3 is 5.97 Å². The van der Waals surface area contributed by atoms with Gasteiger partial charge in [0.2, 0.25) is 5.89 Å². The molecule has 0 atom stereocenters. The Morgan fingerprint density at radius 2 is 2.15 bits per heavy atom. The molecule has 0 saturated heterocycles. The van der Waals surface area contributed by atoms with Crippen molar-refractivity contribution < 1.29 is 18.3 Å².